The Bertz CT molecular complexity index is 881. The van der Waals surface area contributed by atoms with Crippen molar-refractivity contribution in [2.75, 3.05) is 18.4 Å². The Labute approximate surface area is 145 Å². The molecule has 0 aliphatic carbocycles. The summed E-state index contributed by atoms with van der Waals surface area (Å²) in [6.07, 6.45) is 2.54. The molecule has 25 heavy (non-hydrogen) atoms. The molecule has 0 fully saturated rings. The van der Waals surface area contributed by atoms with Gasteiger partial charge in [0.25, 0.3) is 11.8 Å². The fourth-order valence-electron chi connectivity index (χ4n) is 2.96. The van der Waals surface area contributed by atoms with Crippen molar-refractivity contribution in [3.05, 3.63) is 41.7 Å². The van der Waals surface area contributed by atoms with Gasteiger partial charge >= 0.3 is 0 Å². The molecule has 0 radical (unpaired) electrons. The first kappa shape index (κ1) is 16.8. The van der Waals surface area contributed by atoms with Crippen LogP contribution in [0.5, 0.6) is 0 Å². The van der Waals surface area contributed by atoms with Crippen LogP contribution in [-0.2, 0) is 4.79 Å². The molecule has 0 unspecified atom stereocenters. The smallest absolute Gasteiger partial charge is 0.268 e. The summed E-state index contributed by atoms with van der Waals surface area (Å²) in [4.78, 5) is 24.3. The van der Waals surface area contributed by atoms with Crippen LogP contribution in [0.15, 0.2) is 36.0 Å². The van der Waals surface area contributed by atoms with Crippen molar-refractivity contribution in [2.24, 2.45) is 0 Å². The highest BCUT2D eigenvalue weighted by atomic mass is 16.2. The van der Waals surface area contributed by atoms with Crippen molar-refractivity contribution >= 4 is 34.6 Å². The number of aromatic nitrogens is 1. The standard InChI is InChI=1S/C18H21N5O2/c1-3-20-10-13(8-19)17(24)22-14-5-4-12-6-16-18(25)21-9-11(2)23(16)15(12)7-14/h4-8,10-11,19-20H,3,9H2,1-2H3,(H,21,25)(H,22,24)/b13-10+,19-8?/t11-/m1/s1. The summed E-state index contributed by atoms with van der Waals surface area (Å²) < 4.78 is 2.00. The van der Waals surface area contributed by atoms with E-state index in [4.69, 9.17) is 5.41 Å². The van der Waals surface area contributed by atoms with E-state index >= 15 is 0 Å². The lowest BCUT2D eigenvalue weighted by molar-refractivity contribution is -0.112. The van der Waals surface area contributed by atoms with Crippen LogP contribution in [0.1, 0.15) is 30.4 Å². The van der Waals surface area contributed by atoms with Crippen molar-refractivity contribution in [3.8, 4) is 0 Å². The molecule has 0 saturated carbocycles. The zero-order valence-electron chi connectivity index (χ0n) is 14.2. The number of hydrogen-bond acceptors (Lipinski definition) is 4. The molecule has 1 aromatic carbocycles. The quantitative estimate of drug-likeness (QED) is 0.495. The lowest BCUT2D eigenvalue weighted by Crippen LogP contribution is -2.37. The summed E-state index contributed by atoms with van der Waals surface area (Å²) >= 11 is 0. The van der Waals surface area contributed by atoms with Crippen LogP contribution in [0, 0.1) is 5.41 Å². The molecule has 130 valence electrons. The third-order valence-electron chi connectivity index (χ3n) is 4.21. The van der Waals surface area contributed by atoms with Crippen molar-refractivity contribution in [2.45, 2.75) is 19.9 Å². The van der Waals surface area contributed by atoms with Crippen molar-refractivity contribution in [1.82, 2.24) is 15.2 Å². The maximum Gasteiger partial charge on any atom is 0.268 e. The maximum atomic E-state index is 12.3. The summed E-state index contributed by atoms with van der Waals surface area (Å²) in [6, 6.07) is 7.54. The van der Waals surface area contributed by atoms with Crippen LogP contribution >= 0.6 is 0 Å². The Hall–Kier alpha value is -3.09. The number of fused-ring (bicyclic) bond motifs is 3. The van der Waals surface area contributed by atoms with E-state index in [0.29, 0.717) is 24.5 Å². The second kappa shape index (κ2) is 6.80. The molecule has 1 aromatic heterocycles. The number of carbonyl (C=O) groups excluding carboxylic acids is 2. The van der Waals surface area contributed by atoms with E-state index in [1.54, 1.807) is 6.07 Å². The molecule has 1 atom stereocenters. The fourth-order valence-corrected chi connectivity index (χ4v) is 2.96. The predicted molar refractivity (Wildman–Crippen MR) is 98.2 cm³/mol. The number of carbonyl (C=O) groups is 2. The minimum Gasteiger partial charge on any atom is -0.390 e. The first-order chi connectivity index (χ1) is 12.0. The lowest BCUT2D eigenvalue weighted by Gasteiger charge is -2.24. The van der Waals surface area contributed by atoms with Gasteiger partial charge in [-0.05, 0) is 32.0 Å². The Kier molecular flexibility index (Phi) is 4.56. The molecule has 0 bridgehead atoms. The number of anilines is 1. The number of hydrogen-bond donors (Lipinski definition) is 4. The second-order valence-electron chi connectivity index (χ2n) is 5.99. The van der Waals surface area contributed by atoms with Crippen LogP contribution in [-0.4, -0.2) is 35.7 Å². The van der Waals surface area contributed by atoms with Crippen LogP contribution < -0.4 is 16.0 Å². The van der Waals surface area contributed by atoms with Gasteiger partial charge in [-0.2, -0.15) is 0 Å². The highest BCUT2D eigenvalue weighted by Crippen LogP contribution is 2.28. The van der Waals surface area contributed by atoms with E-state index < -0.39 is 0 Å². The average Bonchev–Trinajstić information content (AvgIpc) is 2.99. The molecule has 2 amide bonds. The number of nitrogens with one attached hydrogen (secondary N) is 4. The molecular formula is C18H21N5O2. The largest absolute Gasteiger partial charge is 0.390 e. The van der Waals surface area contributed by atoms with Gasteiger partial charge in [0.2, 0.25) is 0 Å². The van der Waals surface area contributed by atoms with Gasteiger partial charge in [0.05, 0.1) is 11.1 Å². The van der Waals surface area contributed by atoms with Gasteiger partial charge in [0, 0.05) is 42.6 Å². The Morgan fingerprint density at radius 3 is 2.96 bits per heavy atom. The highest BCUT2D eigenvalue weighted by molar-refractivity contribution is 6.17. The molecule has 0 spiro atoms. The molecule has 1 aliphatic rings. The van der Waals surface area contributed by atoms with E-state index in [9.17, 15) is 9.59 Å². The average molecular weight is 339 g/mol. The molecule has 0 saturated heterocycles. The van der Waals surface area contributed by atoms with Crippen LogP contribution in [0.2, 0.25) is 0 Å². The highest BCUT2D eigenvalue weighted by Gasteiger charge is 2.24. The number of amides is 2. The number of rotatable bonds is 5. The van der Waals surface area contributed by atoms with Crippen LogP contribution in [0.4, 0.5) is 5.69 Å². The summed E-state index contributed by atoms with van der Waals surface area (Å²) in [6.45, 7) is 5.21. The summed E-state index contributed by atoms with van der Waals surface area (Å²) in [5, 5.41) is 16.9. The van der Waals surface area contributed by atoms with E-state index in [1.165, 1.54) is 6.20 Å². The monoisotopic (exact) mass is 339 g/mol. The number of nitrogens with zero attached hydrogens (tertiary/aromatic N) is 1. The minimum atomic E-state index is -0.355. The molecule has 2 heterocycles. The molecule has 7 nitrogen and oxygen atoms in total. The van der Waals surface area contributed by atoms with Gasteiger partial charge in [0.15, 0.2) is 0 Å². The van der Waals surface area contributed by atoms with E-state index in [-0.39, 0.29) is 23.4 Å². The normalized spacial score (nSPS) is 17.0. The SMILES string of the molecule is CCN/C=C(\C=N)C(=O)Nc1ccc2cc3n(c2c1)[C@H](C)CNC3=O. The molecule has 1 aliphatic heterocycles. The zero-order valence-corrected chi connectivity index (χ0v) is 14.2. The minimum absolute atomic E-state index is 0.0837. The second-order valence-corrected chi connectivity index (χ2v) is 5.99. The van der Waals surface area contributed by atoms with Crippen molar-refractivity contribution < 1.29 is 9.59 Å². The molecule has 7 heteroatoms. The predicted octanol–water partition coefficient (Wildman–Crippen LogP) is 2.03. The summed E-state index contributed by atoms with van der Waals surface area (Å²) in [5.74, 6) is -0.439. The molecule has 4 N–H and O–H groups in total. The third kappa shape index (κ3) is 3.13. The van der Waals surface area contributed by atoms with Gasteiger partial charge in [-0.3, -0.25) is 9.59 Å². The van der Waals surface area contributed by atoms with Gasteiger partial charge in [0.1, 0.15) is 5.69 Å². The van der Waals surface area contributed by atoms with E-state index in [1.807, 2.05) is 36.6 Å². The Morgan fingerprint density at radius 2 is 2.24 bits per heavy atom. The lowest BCUT2D eigenvalue weighted by atomic mass is 10.2. The van der Waals surface area contributed by atoms with Crippen molar-refractivity contribution in [1.29, 1.82) is 5.41 Å². The topological polar surface area (TPSA) is 99.0 Å². The molecule has 3 rings (SSSR count). The van der Waals surface area contributed by atoms with Gasteiger partial charge in [-0.25, -0.2) is 0 Å². The summed E-state index contributed by atoms with van der Waals surface area (Å²) in [5.41, 5.74) is 2.40. The fraction of sp³-hybridized carbons (Fsp3) is 0.278. The van der Waals surface area contributed by atoms with Crippen LogP contribution in [0.25, 0.3) is 10.9 Å². The first-order valence-electron chi connectivity index (χ1n) is 8.23. The van der Waals surface area contributed by atoms with E-state index in [0.717, 1.165) is 17.1 Å². The Balaban J connectivity index is 1.94. The third-order valence-corrected chi connectivity index (χ3v) is 4.21. The van der Waals surface area contributed by atoms with Crippen molar-refractivity contribution in [3.63, 3.8) is 0 Å². The van der Waals surface area contributed by atoms with E-state index in [2.05, 4.69) is 16.0 Å². The number of benzene rings is 1. The summed E-state index contributed by atoms with van der Waals surface area (Å²) in [7, 11) is 0. The maximum absolute atomic E-state index is 12.3. The van der Waals surface area contributed by atoms with Gasteiger partial charge in [-0.1, -0.05) is 6.07 Å². The molecular weight excluding hydrogens is 318 g/mol. The molecule has 2 aromatic rings. The zero-order chi connectivity index (χ0) is 18.0. The van der Waals surface area contributed by atoms with Gasteiger partial charge in [-0.15, -0.1) is 0 Å². The Morgan fingerprint density at radius 1 is 1.44 bits per heavy atom. The van der Waals surface area contributed by atoms with Crippen LogP contribution in [0.3, 0.4) is 0 Å². The van der Waals surface area contributed by atoms with Gasteiger partial charge < -0.3 is 25.9 Å². The first-order valence-corrected chi connectivity index (χ1v) is 8.23.